The molecule has 0 aliphatic heterocycles. The van der Waals surface area contributed by atoms with Gasteiger partial charge in [0.15, 0.2) is 0 Å². The molecule has 2 N–H and O–H groups in total. The molecule has 0 saturated carbocycles. The molecule has 1 unspecified atom stereocenters. The molecule has 0 spiro atoms. The summed E-state index contributed by atoms with van der Waals surface area (Å²) in [7, 11) is 0. The largest absolute Gasteiger partial charge is 0.394 e. The average molecular weight is 361 g/mol. The van der Waals surface area contributed by atoms with Crippen LogP contribution in [0.3, 0.4) is 0 Å². The Balaban J connectivity index is 2.19. The number of benzene rings is 2. The van der Waals surface area contributed by atoms with Crippen molar-refractivity contribution in [2.75, 3.05) is 11.9 Å². The summed E-state index contributed by atoms with van der Waals surface area (Å²) in [4.78, 5) is 0. The zero-order valence-electron chi connectivity index (χ0n) is 9.91. The zero-order chi connectivity index (χ0) is 13.8. The number of aliphatic hydroxyl groups is 1. The summed E-state index contributed by atoms with van der Waals surface area (Å²) in [5, 5.41) is 14.0. The molecule has 0 bridgehead atoms. The third-order valence-electron chi connectivity index (χ3n) is 2.71. The van der Waals surface area contributed by atoms with Crippen LogP contribution in [0.25, 0.3) is 0 Å². The average Bonchev–Trinajstić information content (AvgIpc) is 2.41. The molecule has 2 rings (SSSR count). The van der Waals surface area contributed by atoms with Crippen LogP contribution in [0.5, 0.6) is 0 Å². The minimum absolute atomic E-state index is 0.0272. The van der Waals surface area contributed by atoms with Crippen molar-refractivity contribution in [1.82, 2.24) is 0 Å². The van der Waals surface area contributed by atoms with Gasteiger partial charge in [0.25, 0.3) is 0 Å². The zero-order valence-corrected chi connectivity index (χ0v) is 13.0. The number of halogens is 3. The van der Waals surface area contributed by atoms with Crippen LogP contribution in [-0.2, 0) is 0 Å². The van der Waals surface area contributed by atoms with Crippen LogP contribution in [-0.4, -0.2) is 11.7 Å². The lowest BCUT2D eigenvalue weighted by molar-refractivity contribution is 0.276. The molecule has 2 aromatic rings. The first kappa shape index (κ1) is 14.7. The lowest BCUT2D eigenvalue weighted by Crippen LogP contribution is -2.14. The third kappa shape index (κ3) is 3.86. The van der Waals surface area contributed by atoms with E-state index < -0.39 is 0 Å². The smallest absolute Gasteiger partial charge is 0.0745 e. The van der Waals surface area contributed by atoms with E-state index in [4.69, 9.17) is 23.2 Å². The van der Waals surface area contributed by atoms with Crippen molar-refractivity contribution in [3.8, 4) is 0 Å². The fourth-order valence-corrected chi connectivity index (χ4v) is 2.27. The molecule has 2 nitrogen and oxygen atoms in total. The molecule has 1 atom stereocenters. The van der Waals surface area contributed by atoms with Crippen LogP contribution >= 0.6 is 39.1 Å². The highest BCUT2D eigenvalue weighted by Gasteiger charge is 2.11. The minimum Gasteiger partial charge on any atom is -0.394 e. The van der Waals surface area contributed by atoms with Crippen molar-refractivity contribution in [2.24, 2.45) is 0 Å². The number of anilines is 1. The molecule has 0 radical (unpaired) electrons. The number of aliphatic hydroxyl groups excluding tert-OH is 1. The van der Waals surface area contributed by atoms with Crippen molar-refractivity contribution >= 4 is 44.8 Å². The van der Waals surface area contributed by atoms with E-state index in [0.717, 1.165) is 15.7 Å². The van der Waals surface area contributed by atoms with Gasteiger partial charge in [0.05, 0.1) is 17.7 Å². The monoisotopic (exact) mass is 359 g/mol. The third-order valence-corrected chi connectivity index (χ3v) is 4.20. The van der Waals surface area contributed by atoms with Gasteiger partial charge in [-0.25, -0.2) is 0 Å². The molecule has 100 valence electrons. The molecule has 0 aromatic heterocycles. The van der Waals surface area contributed by atoms with E-state index in [-0.39, 0.29) is 12.6 Å². The minimum atomic E-state index is -0.216. The van der Waals surface area contributed by atoms with Gasteiger partial charge in [-0.05, 0) is 57.9 Å². The summed E-state index contributed by atoms with van der Waals surface area (Å²) in [6, 6.07) is 12.7. The van der Waals surface area contributed by atoms with Gasteiger partial charge in [-0.1, -0.05) is 29.3 Å². The van der Waals surface area contributed by atoms with Crippen molar-refractivity contribution in [2.45, 2.75) is 6.04 Å². The SMILES string of the molecule is OCC(Nc1ccc(Cl)cc1)c1ccc(Br)c(Cl)c1. The van der Waals surface area contributed by atoms with E-state index >= 15 is 0 Å². The summed E-state index contributed by atoms with van der Waals surface area (Å²) in [5.74, 6) is 0. The summed E-state index contributed by atoms with van der Waals surface area (Å²) in [5.41, 5.74) is 1.81. The fourth-order valence-electron chi connectivity index (χ4n) is 1.71. The predicted molar refractivity (Wildman–Crippen MR) is 84.1 cm³/mol. The van der Waals surface area contributed by atoms with Crippen LogP contribution in [0, 0.1) is 0 Å². The van der Waals surface area contributed by atoms with Crippen molar-refractivity contribution in [3.63, 3.8) is 0 Å². The van der Waals surface area contributed by atoms with Crippen LogP contribution in [0.1, 0.15) is 11.6 Å². The van der Waals surface area contributed by atoms with Gasteiger partial charge in [-0.3, -0.25) is 0 Å². The molecule has 0 fully saturated rings. The van der Waals surface area contributed by atoms with E-state index in [2.05, 4.69) is 21.2 Å². The quantitative estimate of drug-likeness (QED) is 0.812. The Kier molecular flexibility index (Phi) is 5.11. The van der Waals surface area contributed by atoms with Crippen molar-refractivity contribution < 1.29 is 5.11 Å². The van der Waals surface area contributed by atoms with Crippen LogP contribution in [0.15, 0.2) is 46.9 Å². The molecule has 0 heterocycles. The maximum Gasteiger partial charge on any atom is 0.0745 e. The first-order valence-corrected chi connectivity index (χ1v) is 7.23. The van der Waals surface area contributed by atoms with E-state index in [0.29, 0.717) is 10.0 Å². The van der Waals surface area contributed by atoms with Gasteiger partial charge < -0.3 is 10.4 Å². The Morgan fingerprint density at radius 1 is 1.11 bits per heavy atom. The summed E-state index contributed by atoms with van der Waals surface area (Å²) in [6.45, 7) is -0.0272. The predicted octanol–water partition coefficient (Wildman–Crippen LogP) is 4.90. The Morgan fingerprint density at radius 3 is 2.37 bits per heavy atom. The number of nitrogens with one attached hydrogen (secondary N) is 1. The molecular weight excluding hydrogens is 349 g/mol. The fraction of sp³-hybridized carbons (Fsp3) is 0.143. The van der Waals surface area contributed by atoms with Gasteiger partial charge in [0.2, 0.25) is 0 Å². The summed E-state index contributed by atoms with van der Waals surface area (Å²) >= 11 is 15.2. The molecule has 5 heteroatoms. The maximum atomic E-state index is 9.51. The highest BCUT2D eigenvalue weighted by Crippen LogP contribution is 2.28. The number of rotatable bonds is 4. The first-order valence-electron chi connectivity index (χ1n) is 5.68. The normalized spacial score (nSPS) is 12.2. The summed E-state index contributed by atoms with van der Waals surface area (Å²) in [6.07, 6.45) is 0. The Morgan fingerprint density at radius 2 is 1.79 bits per heavy atom. The van der Waals surface area contributed by atoms with Crippen molar-refractivity contribution in [3.05, 3.63) is 62.5 Å². The summed E-state index contributed by atoms with van der Waals surface area (Å²) < 4.78 is 0.834. The second-order valence-corrected chi connectivity index (χ2v) is 5.76. The Bertz CT molecular complexity index is 560. The van der Waals surface area contributed by atoms with Crippen LogP contribution in [0.4, 0.5) is 5.69 Å². The van der Waals surface area contributed by atoms with E-state index in [9.17, 15) is 5.11 Å². The van der Waals surface area contributed by atoms with Crippen LogP contribution < -0.4 is 5.32 Å². The molecular formula is C14H12BrCl2NO. The first-order chi connectivity index (χ1) is 9.10. The second-order valence-electron chi connectivity index (χ2n) is 4.06. The molecule has 19 heavy (non-hydrogen) atoms. The van der Waals surface area contributed by atoms with E-state index in [1.54, 1.807) is 12.1 Å². The van der Waals surface area contributed by atoms with Crippen LogP contribution in [0.2, 0.25) is 10.0 Å². The van der Waals surface area contributed by atoms with E-state index in [1.807, 2.05) is 30.3 Å². The van der Waals surface area contributed by atoms with Gasteiger partial charge in [0.1, 0.15) is 0 Å². The molecule has 0 aliphatic carbocycles. The number of hydrogen-bond acceptors (Lipinski definition) is 2. The number of hydrogen-bond donors (Lipinski definition) is 2. The second kappa shape index (κ2) is 6.62. The highest BCUT2D eigenvalue weighted by molar-refractivity contribution is 9.10. The maximum absolute atomic E-state index is 9.51. The lowest BCUT2D eigenvalue weighted by Gasteiger charge is -2.18. The van der Waals surface area contributed by atoms with Gasteiger partial charge in [0, 0.05) is 15.2 Å². The van der Waals surface area contributed by atoms with E-state index in [1.165, 1.54) is 0 Å². The molecule has 0 aliphatic rings. The van der Waals surface area contributed by atoms with Gasteiger partial charge >= 0.3 is 0 Å². The van der Waals surface area contributed by atoms with Gasteiger partial charge in [-0.2, -0.15) is 0 Å². The molecule has 2 aromatic carbocycles. The Hall–Kier alpha value is -0.740. The molecule has 0 amide bonds. The standard InChI is InChI=1S/C14H12BrCl2NO/c15-12-6-1-9(7-13(12)17)14(8-19)18-11-4-2-10(16)3-5-11/h1-7,14,18-19H,8H2. The molecule has 0 saturated heterocycles. The Labute approximate surface area is 130 Å². The van der Waals surface area contributed by atoms with Crippen molar-refractivity contribution in [1.29, 1.82) is 0 Å². The highest BCUT2D eigenvalue weighted by atomic mass is 79.9. The van der Waals surface area contributed by atoms with Gasteiger partial charge in [-0.15, -0.1) is 0 Å². The lowest BCUT2D eigenvalue weighted by atomic mass is 10.1. The topological polar surface area (TPSA) is 32.3 Å².